The van der Waals surface area contributed by atoms with Crippen LogP contribution in [0.4, 0.5) is 5.69 Å². The summed E-state index contributed by atoms with van der Waals surface area (Å²) < 4.78 is 0. The van der Waals surface area contributed by atoms with E-state index >= 15 is 0 Å². The second-order valence-electron chi connectivity index (χ2n) is 6.88. The Labute approximate surface area is 166 Å². The number of anilines is 1. The minimum Gasteiger partial charge on any atom is -0.358 e. The summed E-state index contributed by atoms with van der Waals surface area (Å²) in [5.41, 5.74) is 7.34. The van der Waals surface area contributed by atoms with E-state index < -0.39 is 0 Å². The third-order valence-corrected chi connectivity index (χ3v) is 4.92. The van der Waals surface area contributed by atoms with E-state index in [9.17, 15) is 0 Å². The van der Waals surface area contributed by atoms with Gasteiger partial charge in [0.1, 0.15) is 0 Å². The molecule has 0 aliphatic carbocycles. The highest BCUT2D eigenvalue weighted by Crippen LogP contribution is 2.31. The van der Waals surface area contributed by atoms with Crippen molar-refractivity contribution in [2.45, 2.75) is 13.3 Å². The lowest BCUT2D eigenvalue weighted by Crippen LogP contribution is -1.97. The number of rotatable bonds is 5. The lowest BCUT2D eigenvalue weighted by Gasteiger charge is -2.09. The first-order valence-electron chi connectivity index (χ1n) is 9.38. The van der Waals surface area contributed by atoms with Crippen LogP contribution >= 0.6 is 0 Å². The molecule has 5 rings (SSSR count). The highest BCUT2D eigenvalue weighted by molar-refractivity contribution is 5.95. The zero-order valence-electron chi connectivity index (χ0n) is 15.9. The fraction of sp³-hybridized carbons (Fsp3) is 0.0909. The van der Waals surface area contributed by atoms with Gasteiger partial charge in [-0.25, -0.2) is 4.98 Å². The van der Waals surface area contributed by atoms with Gasteiger partial charge in [0, 0.05) is 57.9 Å². The van der Waals surface area contributed by atoms with Crippen LogP contribution in [0, 0.1) is 0 Å². The minimum absolute atomic E-state index is 0.669. The summed E-state index contributed by atoms with van der Waals surface area (Å²) >= 11 is 0. The van der Waals surface area contributed by atoms with Crippen molar-refractivity contribution >= 4 is 27.6 Å². The molecule has 0 radical (unpaired) electrons. The third kappa shape index (κ3) is 3.12. The molecule has 0 atom stereocenters. The number of aromatic nitrogens is 6. The molecule has 0 unspecified atom stereocenters. The predicted molar refractivity (Wildman–Crippen MR) is 115 cm³/mol. The zero-order valence-corrected chi connectivity index (χ0v) is 15.9. The van der Waals surface area contributed by atoms with Crippen molar-refractivity contribution in [3.05, 3.63) is 67.5 Å². The standard InChI is InChI=1S/C22H19N7/c1-3-13(2)26-17-6-14(9-24-12-17)15-7-18-21(28-29-22(18)25-11-15)20-8-16-10-23-5-4-19(16)27-20/h4-12,26-27H,2-3H2,1H3,(H,25,28,29). The minimum atomic E-state index is 0.669. The molecule has 142 valence electrons. The summed E-state index contributed by atoms with van der Waals surface area (Å²) in [5.74, 6) is 0. The van der Waals surface area contributed by atoms with Crippen molar-refractivity contribution in [3.8, 4) is 22.5 Å². The highest BCUT2D eigenvalue weighted by Gasteiger charge is 2.13. The number of hydrogen-bond acceptors (Lipinski definition) is 5. The largest absolute Gasteiger partial charge is 0.358 e. The molecule has 7 nitrogen and oxygen atoms in total. The molecule has 0 amide bonds. The van der Waals surface area contributed by atoms with Crippen LogP contribution in [0.2, 0.25) is 0 Å². The summed E-state index contributed by atoms with van der Waals surface area (Å²) in [6, 6.07) is 8.14. The third-order valence-electron chi connectivity index (χ3n) is 4.92. The Morgan fingerprint density at radius 3 is 2.83 bits per heavy atom. The topological polar surface area (TPSA) is 95.2 Å². The molecule has 5 heterocycles. The fourth-order valence-electron chi connectivity index (χ4n) is 3.33. The zero-order chi connectivity index (χ0) is 19.8. The maximum atomic E-state index is 4.53. The van der Waals surface area contributed by atoms with Crippen molar-refractivity contribution in [3.63, 3.8) is 0 Å². The van der Waals surface area contributed by atoms with Gasteiger partial charge in [-0.1, -0.05) is 13.5 Å². The predicted octanol–water partition coefficient (Wildman–Crippen LogP) is 4.90. The van der Waals surface area contributed by atoms with Crippen LogP contribution in [0.15, 0.2) is 67.5 Å². The fourth-order valence-corrected chi connectivity index (χ4v) is 3.33. The summed E-state index contributed by atoms with van der Waals surface area (Å²) in [6.45, 7) is 6.06. The van der Waals surface area contributed by atoms with E-state index in [2.05, 4.69) is 61.1 Å². The van der Waals surface area contributed by atoms with Crippen molar-refractivity contribution in [1.82, 2.24) is 30.1 Å². The maximum Gasteiger partial charge on any atom is 0.181 e. The quantitative estimate of drug-likeness (QED) is 0.402. The molecular formula is C22H19N7. The Balaban J connectivity index is 1.58. The number of fused-ring (bicyclic) bond motifs is 2. The van der Waals surface area contributed by atoms with Gasteiger partial charge in [0.2, 0.25) is 0 Å². The Bertz CT molecular complexity index is 1310. The van der Waals surface area contributed by atoms with E-state index in [4.69, 9.17) is 0 Å². The van der Waals surface area contributed by atoms with Crippen molar-refractivity contribution < 1.29 is 0 Å². The van der Waals surface area contributed by atoms with Crippen molar-refractivity contribution in [1.29, 1.82) is 0 Å². The van der Waals surface area contributed by atoms with Crippen molar-refractivity contribution in [2.24, 2.45) is 0 Å². The molecule has 29 heavy (non-hydrogen) atoms. The number of hydrogen-bond donors (Lipinski definition) is 3. The Morgan fingerprint density at radius 1 is 1.07 bits per heavy atom. The summed E-state index contributed by atoms with van der Waals surface area (Å²) in [4.78, 5) is 16.5. The van der Waals surface area contributed by atoms with Gasteiger partial charge in [0.15, 0.2) is 5.65 Å². The number of nitrogens with zero attached hydrogens (tertiary/aromatic N) is 4. The molecule has 0 aromatic carbocycles. The molecule has 5 aromatic rings. The van der Waals surface area contributed by atoms with E-state index in [1.165, 1.54) is 0 Å². The molecule has 5 aromatic heterocycles. The lowest BCUT2D eigenvalue weighted by atomic mass is 10.1. The Morgan fingerprint density at radius 2 is 1.97 bits per heavy atom. The van der Waals surface area contributed by atoms with Gasteiger partial charge >= 0.3 is 0 Å². The van der Waals surface area contributed by atoms with E-state index in [1.54, 1.807) is 12.4 Å². The van der Waals surface area contributed by atoms with Crippen LogP contribution in [0.5, 0.6) is 0 Å². The lowest BCUT2D eigenvalue weighted by molar-refractivity contribution is 1.10. The average molecular weight is 381 g/mol. The van der Waals surface area contributed by atoms with Gasteiger partial charge in [-0.15, -0.1) is 0 Å². The second-order valence-corrected chi connectivity index (χ2v) is 6.88. The number of aromatic amines is 2. The van der Waals surface area contributed by atoms with Crippen LogP contribution in [0.25, 0.3) is 44.5 Å². The van der Waals surface area contributed by atoms with Gasteiger partial charge in [-0.05, 0) is 30.7 Å². The number of allylic oxidation sites excluding steroid dienone is 1. The normalized spacial score (nSPS) is 11.2. The second kappa shape index (κ2) is 6.87. The van der Waals surface area contributed by atoms with Gasteiger partial charge in [0.05, 0.1) is 23.3 Å². The SMILES string of the molecule is C=C(CC)Nc1cncc(-c2cnc3n[nH]c(-c4cc5cnccc5[nH]4)c3c2)c1. The molecule has 3 N–H and O–H groups in total. The van der Waals surface area contributed by atoms with Crippen LogP contribution in [0.1, 0.15) is 13.3 Å². The highest BCUT2D eigenvalue weighted by atomic mass is 15.2. The summed E-state index contributed by atoms with van der Waals surface area (Å²) in [6.07, 6.45) is 9.91. The van der Waals surface area contributed by atoms with Crippen LogP contribution in [-0.2, 0) is 0 Å². The monoisotopic (exact) mass is 381 g/mol. The van der Waals surface area contributed by atoms with Crippen molar-refractivity contribution in [2.75, 3.05) is 5.32 Å². The van der Waals surface area contributed by atoms with E-state index in [-0.39, 0.29) is 0 Å². The average Bonchev–Trinajstić information content (AvgIpc) is 3.37. The van der Waals surface area contributed by atoms with E-state index in [0.29, 0.717) is 5.65 Å². The van der Waals surface area contributed by atoms with Crippen LogP contribution in [0.3, 0.4) is 0 Å². The molecule has 0 aliphatic heterocycles. The first-order valence-corrected chi connectivity index (χ1v) is 9.38. The smallest absolute Gasteiger partial charge is 0.181 e. The molecule has 0 bridgehead atoms. The van der Waals surface area contributed by atoms with Gasteiger partial charge in [0.25, 0.3) is 0 Å². The van der Waals surface area contributed by atoms with E-state index in [1.807, 2.05) is 30.7 Å². The molecule has 0 saturated heterocycles. The molecular weight excluding hydrogens is 362 g/mol. The van der Waals surface area contributed by atoms with Crippen LogP contribution in [-0.4, -0.2) is 30.1 Å². The number of nitrogens with one attached hydrogen (secondary N) is 3. The Kier molecular flexibility index (Phi) is 4.05. The van der Waals surface area contributed by atoms with E-state index in [0.717, 1.165) is 56.6 Å². The van der Waals surface area contributed by atoms with Gasteiger partial charge in [-0.3, -0.25) is 15.1 Å². The summed E-state index contributed by atoms with van der Waals surface area (Å²) in [7, 11) is 0. The number of H-pyrrole nitrogens is 2. The first kappa shape index (κ1) is 17.1. The maximum absolute atomic E-state index is 4.53. The Hall–Kier alpha value is -4.00. The van der Waals surface area contributed by atoms with Crippen LogP contribution < -0.4 is 5.32 Å². The van der Waals surface area contributed by atoms with Gasteiger partial charge < -0.3 is 10.3 Å². The molecule has 0 spiro atoms. The van der Waals surface area contributed by atoms with Gasteiger partial charge in [-0.2, -0.15) is 5.10 Å². The molecule has 0 saturated carbocycles. The number of pyridine rings is 3. The summed E-state index contributed by atoms with van der Waals surface area (Å²) in [5, 5.41) is 12.7. The first-order chi connectivity index (χ1) is 14.2. The molecule has 7 heteroatoms. The molecule has 0 aliphatic rings. The molecule has 0 fully saturated rings.